The average molecular weight is 297 g/mol. The molecule has 1 saturated heterocycles. The number of likely N-dealkylation sites (tertiary alicyclic amines) is 1. The molecule has 7 nitrogen and oxygen atoms in total. The van der Waals surface area contributed by atoms with Gasteiger partial charge < -0.3 is 14.1 Å². The van der Waals surface area contributed by atoms with Crippen LogP contribution in [0.25, 0.3) is 0 Å². The van der Waals surface area contributed by atoms with Gasteiger partial charge in [-0.3, -0.25) is 4.79 Å². The summed E-state index contributed by atoms with van der Waals surface area (Å²) in [5.41, 5.74) is 1.15. The molecule has 3 rings (SSSR count). The first-order valence-corrected chi connectivity index (χ1v) is 6.49. The van der Waals surface area contributed by atoms with Gasteiger partial charge in [0.15, 0.2) is 0 Å². The van der Waals surface area contributed by atoms with Crippen molar-refractivity contribution in [3.05, 3.63) is 35.0 Å². The van der Waals surface area contributed by atoms with Gasteiger partial charge in [-0.25, -0.2) is 0 Å². The lowest BCUT2D eigenvalue weighted by molar-refractivity contribution is 0.0714. The van der Waals surface area contributed by atoms with E-state index in [0.29, 0.717) is 18.7 Å². The van der Waals surface area contributed by atoms with Crippen molar-refractivity contribution in [3.8, 4) is 0 Å². The zero-order chi connectivity index (χ0) is 14.1. The second kappa shape index (κ2) is 5.26. The largest absolute Gasteiger partial charge is 0.452 e. The molecular weight excluding hydrogens is 284 g/mol. The molecule has 0 aromatic carbocycles. The number of aromatic amines is 1. The molecule has 20 heavy (non-hydrogen) atoms. The van der Waals surface area contributed by atoms with Crippen molar-refractivity contribution in [2.45, 2.75) is 12.0 Å². The zero-order valence-corrected chi connectivity index (χ0v) is 11.5. The normalized spacial score (nSPS) is 22.4. The molecule has 2 atom stereocenters. The van der Waals surface area contributed by atoms with Crippen LogP contribution in [0.1, 0.15) is 22.0 Å². The molecule has 106 valence electrons. The summed E-state index contributed by atoms with van der Waals surface area (Å²) in [6.45, 7) is 0.986. The number of rotatable bonds is 3. The second-order valence-electron chi connectivity index (χ2n) is 4.59. The number of carbonyl (C=O) groups is 1. The van der Waals surface area contributed by atoms with Crippen LogP contribution in [-0.2, 0) is 4.74 Å². The maximum Gasteiger partial charge on any atom is 0.258 e. The number of nitrogens with one attached hydrogen (secondary N) is 1. The Morgan fingerprint density at radius 3 is 3.05 bits per heavy atom. The highest BCUT2D eigenvalue weighted by atomic mass is 35.5. The van der Waals surface area contributed by atoms with Crippen molar-refractivity contribution in [2.24, 2.45) is 0 Å². The SMILES string of the molecule is CO[C@@H]1CN(C(=O)c2ccoc2Cl)C[C@H]1c1cn[nH]n1. The van der Waals surface area contributed by atoms with Gasteiger partial charge in [-0.05, 0) is 17.7 Å². The van der Waals surface area contributed by atoms with Gasteiger partial charge >= 0.3 is 0 Å². The fourth-order valence-electron chi connectivity index (χ4n) is 2.47. The van der Waals surface area contributed by atoms with Crippen molar-refractivity contribution in [3.63, 3.8) is 0 Å². The third-order valence-electron chi connectivity index (χ3n) is 3.52. The molecule has 0 radical (unpaired) electrons. The summed E-state index contributed by atoms with van der Waals surface area (Å²) < 4.78 is 10.4. The van der Waals surface area contributed by atoms with Crippen LogP contribution in [0.3, 0.4) is 0 Å². The Morgan fingerprint density at radius 2 is 2.45 bits per heavy atom. The summed E-state index contributed by atoms with van der Waals surface area (Å²) in [5.74, 6) is -0.176. The molecule has 0 bridgehead atoms. The van der Waals surface area contributed by atoms with Gasteiger partial charge in [-0.2, -0.15) is 15.4 Å². The molecule has 8 heteroatoms. The minimum Gasteiger partial charge on any atom is -0.452 e. The molecule has 0 unspecified atom stereocenters. The monoisotopic (exact) mass is 296 g/mol. The first kappa shape index (κ1) is 13.1. The van der Waals surface area contributed by atoms with Crippen molar-refractivity contribution < 1.29 is 13.9 Å². The predicted molar refractivity (Wildman–Crippen MR) is 69.5 cm³/mol. The third kappa shape index (κ3) is 2.19. The van der Waals surface area contributed by atoms with E-state index in [1.807, 2.05) is 0 Å². The maximum absolute atomic E-state index is 12.4. The van der Waals surface area contributed by atoms with E-state index >= 15 is 0 Å². The highest BCUT2D eigenvalue weighted by molar-refractivity contribution is 6.32. The van der Waals surface area contributed by atoms with Crippen molar-refractivity contribution in [1.82, 2.24) is 20.3 Å². The number of amides is 1. The summed E-state index contributed by atoms with van der Waals surface area (Å²) in [6.07, 6.45) is 2.93. The number of hydrogen-bond donors (Lipinski definition) is 1. The number of carbonyl (C=O) groups excluding carboxylic acids is 1. The lowest BCUT2D eigenvalue weighted by Gasteiger charge is -2.14. The first-order chi connectivity index (χ1) is 9.70. The Balaban J connectivity index is 1.80. The molecule has 0 spiro atoms. The summed E-state index contributed by atoms with van der Waals surface area (Å²) >= 11 is 5.85. The number of nitrogens with zero attached hydrogens (tertiary/aromatic N) is 3. The molecule has 1 fully saturated rings. The molecule has 1 aliphatic heterocycles. The molecule has 3 heterocycles. The smallest absolute Gasteiger partial charge is 0.258 e. The van der Waals surface area contributed by atoms with Crippen LogP contribution in [0.2, 0.25) is 5.22 Å². The third-order valence-corrected chi connectivity index (χ3v) is 3.81. The topological polar surface area (TPSA) is 84.2 Å². The minimum atomic E-state index is -0.170. The highest BCUT2D eigenvalue weighted by Crippen LogP contribution is 2.30. The number of methoxy groups -OCH3 is 1. The van der Waals surface area contributed by atoms with E-state index in [1.54, 1.807) is 24.3 Å². The van der Waals surface area contributed by atoms with Gasteiger partial charge in [0, 0.05) is 20.2 Å². The Morgan fingerprint density at radius 1 is 1.60 bits per heavy atom. The Bertz CT molecular complexity index is 598. The Kier molecular flexibility index (Phi) is 3.45. The van der Waals surface area contributed by atoms with E-state index in [9.17, 15) is 4.79 Å². The molecule has 2 aromatic rings. The standard InChI is InChI=1S/C12H13ClN4O3/c1-19-10-6-17(5-8(10)9-4-14-16-15-9)12(18)7-2-3-20-11(7)13/h2-4,8,10H,5-6H2,1H3,(H,14,15,16)/t8-,10+/m0/s1. The van der Waals surface area contributed by atoms with E-state index in [-0.39, 0.29) is 23.1 Å². The van der Waals surface area contributed by atoms with E-state index in [0.717, 1.165) is 5.69 Å². The van der Waals surface area contributed by atoms with Crippen molar-refractivity contribution in [2.75, 3.05) is 20.2 Å². The number of ether oxygens (including phenoxy) is 1. The molecule has 0 aliphatic carbocycles. The van der Waals surface area contributed by atoms with Crippen molar-refractivity contribution in [1.29, 1.82) is 0 Å². The van der Waals surface area contributed by atoms with E-state index in [2.05, 4.69) is 15.4 Å². The molecule has 0 saturated carbocycles. The van der Waals surface area contributed by atoms with Crippen molar-refractivity contribution >= 4 is 17.5 Å². The molecule has 1 N–H and O–H groups in total. The Hall–Kier alpha value is -1.86. The molecule has 2 aromatic heterocycles. The van der Waals surface area contributed by atoms with Gasteiger partial charge in [0.25, 0.3) is 5.91 Å². The molecule has 1 aliphatic rings. The van der Waals surface area contributed by atoms with Gasteiger partial charge in [-0.15, -0.1) is 0 Å². The fraction of sp³-hybridized carbons (Fsp3) is 0.417. The lowest BCUT2D eigenvalue weighted by Crippen LogP contribution is -2.29. The average Bonchev–Trinajstić information content (AvgIpc) is 3.17. The van der Waals surface area contributed by atoms with E-state index in [1.165, 1.54) is 6.26 Å². The first-order valence-electron chi connectivity index (χ1n) is 6.11. The summed E-state index contributed by atoms with van der Waals surface area (Å²) in [4.78, 5) is 14.1. The molecule has 1 amide bonds. The van der Waals surface area contributed by atoms with Gasteiger partial charge in [0.05, 0.1) is 35.7 Å². The number of aromatic nitrogens is 3. The van der Waals surface area contributed by atoms with Crippen LogP contribution in [0.5, 0.6) is 0 Å². The van der Waals surface area contributed by atoms with Gasteiger partial charge in [-0.1, -0.05) is 0 Å². The zero-order valence-electron chi connectivity index (χ0n) is 10.7. The van der Waals surface area contributed by atoms with Crippen LogP contribution in [-0.4, -0.2) is 52.5 Å². The van der Waals surface area contributed by atoms with Crippen LogP contribution in [0.4, 0.5) is 0 Å². The number of furan rings is 1. The Labute approximate surface area is 119 Å². The summed E-state index contributed by atoms with van der Waals surface area (Å²) in [5, 5.41) is 10.6. The van der Waals surface area contributed by atoms with E-state index < -0.39 is 0 Å². The van der Waals surface area contributed by atoms with Crippen LogP contribution >= 0.6 is 11.6 Å². The lowest BCUT2D eigenvalue weighted by atomic mass is 10.0. The van der Waals surface area contributed by atoms with E-state index in [4.69, 9.17) is 20.8 Å². The maximum atomic E-state index is 12.4. The van der Waals surface area contributed by atoms with Crippen LogP contribution in [0.15, 0.2) is 22.9 Å². The predicted octanol–water partition coefficient (Wildman–Crippen LogP) is 1.31. The highest BCUT2D eigenvalue weighted by Gasteiger charge is 2.38. The van der Waals surface area contributed by atoms with Gasteiger partial charge in [0.2, 0.25) is 5.22 Å². The summed E-state index contributed by atoms with van der Waals surface area (Å²) in [7, 11) is 1.62. The van der Waals surface area contributed by atoms with Crippen LogP contribution in [0, 0.1) is 0 Å². The molecular formula is C12H13ClN4O3. The van der Waals surface area contributed by atoms with Crippen LogP contribution < -0.4 is 0 Å². The number of H-pyrrole nitrogens is 1. The minimum absolute atomic E-state index is 0.00613. The number of hydrogen-bond acceptors (Lipinski definition) is 5. The quantitative estimate of drug-likeness (QED) is 0.923. The number of halogens is 1. The summed E-state index contributed by atoms with van der Waals surface area (Å²) in [6, 6.07) is 1.57. The second-order valence-corrected chi connectivity index (χ2v) is 4.94. The van der Waals surface area contributed by atoms with Gasteiger partial charge in [0.1, 0.15) is 0 Å². The fourth-order valence-corrected chi connectivity index (χ4v) is 2.66.